The van der Waals surface area contributed by atoms with Crippen LogP contribution in [-0.2, 0) is 0 Å². The van der Waals surface area contributed by atoms with Crippen LogP contribution in [0.2, 0.25) is 0 Å². The molecule has 0 saturated heterocycles. The highest BCUT2D eigenvalue weighted by molar-refractivity contribution is 7.27. The number of hydrogen-bond acceptors (Lipinski definition) is 4. The molecule has 0 amide bonds. The summed E-state index contributed by atoms with van der Waals surface area (Å²) in [5.41, 5.74) is 9.23. The van der Waals surface area contributed by atoms with Crippen molar-refractivity contribution in [2.24, 2.45) is 0 Å². The third-order valence-electron chi connectivity index (χ3n) is 10.8. The molecule has 0 bridgehead atoms. The molecular formula is C52H34N2S2. The van der Waals surface area contributed by atoms with Crippen molar-refractivity contribution in [3.05, 3.63) is 206 Å². The van der Waals surface area contributed by atoms with Crippen LogP contribution >= 0.6 is 22.7 Å². The van der Waals surface area contributed by atoms with Crippen molar-refractivity contribution >= 4 is 108 Å². The number of hydrogen-bond donors (Lipinski definition) is 0. The molecule has 56 heavy (non-hydrogen) atoms. The monoisotopic (exact) mass is 750 g/mol. The maximum absolute atomic E-state index is 2.48. The maximum Gasteiger partial charge on any atom is 0.0646 e. The van der Waals surface area contributed by atoms with Crippen LogP contribution < -0.4 is 9.80 Å². The summed E-state index contributed by atoms with van der Waals surface area (Å²) in [6.07, 6.45) is 0. The van der Waals surface area contributed by atoms with E-state index in [4.69, 9.17) is 0 Å². The molecule has 2 nitrogen and oxygen atoms in total. The van der Waals surface area contributed by atoms with Crippen molar-refractivity contribution in [3.63, 3.8) is 0 Å². The minimum atomic E-state index is 1.12. The van der Waals surface area contributed by atoms with Gasteiger partial charge in [0.1, 0.15) is 0 Å². The first-order chi connectivity index (χ1) is 27.8. The van der Waals surface area contributed by atoms with Gasteiger partial charge in [-0.05, 0) is 94.7 Å². The highest BCUT2D eigenvalue weighted by atomic mass is 32.1. The van der Waals surface area contributed by atoms with E-state index in [-0.39, 0.29) is 0 Å². The zero-order chi connectivity index (χ0) is 37.0. The number of benzene rings is 9. The van der Waals surface area contributed by atoms with Crippen molar-refractivity contribution < 1.29 is 0 Å². The molecule has 0 atom stereocenters. The normalized spacial score (nSPS) is 11.6. The fourth-order valence-electron chi connectivity index (χ4n) is 8.30. The van der Waals surface area contributed by atoms with Gasteiger partial charge in [0.15, 0.2) is 0 Å². The Morgan fingerprint density at radius 2 is 0.875 bits per heavy atom. The summed E-state index contributed by atoms with van der Waals surface area (Å²) in [6, 6.07) is 75.1. The lowest BCUT2D eigenvalue weighted by atomic mass is 9.99. The first-order valence-corrected chi connectivity index (χ1v) is 20.6. The molecule has 4 heteroatoms. The van der Waals surface area contributed by atoms with Gasteiger partial charge in [0.05, 0.1) is 16.1 Å². The first kappa shape index (κ1) is 32.7. The van der Waals surface area contributed by atoms with Gasteiger partial charge in [0.2, 0.25) is 0 Å². The summed E-state index contributed by atoms with van der Waals surface area (Å²) in [5, 5.41) is 7.60. The molecule has 9 aromatic carbocycles. The lowest BCUT2D eigenvalue weighted by Crippen LogP contribution is -2.11. The lowest BCUT2D eigenvalue weighted by molar-refractivity contribution is 1.30. The molecule has 0 aliphatic rings. The van der Waals surface area contributed by atoms with Gasteiger partial charge in [-0.2, -0.15) is 0 Å². The number of rotatable bonds is 7. The molecule has 0 radical (unpaired) electrons. The molecule has 0 aliphatic carbocycles. The van der Waals surface area contributed by atoms with Crippen molar-refractivity contribution in [3.8, 4) is 11.1 Å². The van der Waals surface area contributed by atoms with Crippen LogP contribution in [0.1, 0.15) is 0 Å². The molecule has 2 aromatic heterocycles. The van der Waals surface area contributed by atoms with Gasteiger partial charge in [-0.25, -0.2) is 0 Å². The largest absolute Gasteiger partial charge is 0.310 e. The van der Waals surface area contributed by atoms with Gasteiger partial charge in [0, 0.05) is 58.4 Å². The van der Waals surface area contributed by atoms with Crippen molar-refractivity contribution in [2.45, 2.75) is 0 Å². The Morgan fingerprint density at radius 1 is 0.304 bits per heavy atom. The van der Waals surface area contributed by atoms with Crippen LogP contribution in [0.25, 0.3) is 62.2 Å². The average molecular weight is 751 g/mol. The second kappa shape index (κ2) is 13.5. The quantitative estimate of drug-likeness (QED) is 0.160. The maximum atomic E-state index is 2.48. The number of nitrogens with zero attached hydrogens (tertiary/aromatic N) is 2. The fourth-order valence-corrected chi connectivity index (χ4v) is 10.7. The molecule has 0 spiro atoms. The summed E-state index contributed by atoms with van der Waals surface area (Å²) in [4.78, 5) is 4.90. The lowest BCUT2D eigenvalue weighted by Gasteiger charge is -2.28. The predicted molar refractivity (Wildman–Crippen MR) is 245 cm³/mol. The van der Waals surface area contributed by atoms with E-state index in [0.29, 0.717) is 0 Å². The molecular weight excluding hydrogens is 717 g/mol. The molecule has 11 rings (SSSR count). The van der Waals surface area contributed by atoms with E-state index >= 15 is 0 Å². The Labute approximate surface area is 333 Å². The van der Waals surface area contributed by atoms with E-state index in [1.165, 1.54) is 67.9 Å². The van der Waals surface area contributed by atoms with E-state index in [0.717, 1.165) is 28.4 Å². The molecule has 0 saturated carbocycles. The minimum absolute atomic E-state index is 1.12. The first-order valence-electron chi connectivity index (χ1n) is 18.9. The molecule has 2 heterocycles. The molecule has 0 N–H and O–H groups in total. The second-order valence-corrected chi connectivity index (χ2v) is 16.2. The van der Waals surface area contributed by atoms with E-state index < -0.39 is 0 Å². The average Bonchev–Trinajstić information content (AvgIpc) is 3.85. The molecule has 264 valence electrons. The standard InChI is InChI=1S/C52H34N2S2/c1-4-16-35(17-5-1)36-19-14-24-40(32-36)54(41-30-31-44-43-26-12-13-28-47(43)55-49(44)34-41)45-27-15-29-48-51(45)50-42-25-11-10-18-37(42)33-46(52(50)56-48)53(38-20-6-2-7-21-38)39-22-8-3-9-23-39/h1-34H. The van der Waals surface area contributed by atoms with Crippen molar-refractivity contribution in [1.29, 1.82) is 0 Å². The molecule has 0 unspecified atom stereocenters. The van der Waals surface area contributed by atoms with Crippen LogP contribution in [0.5, 0.6) is 0 Å². The minimum Gasteiger partial charge on any atom is -0.310 e. The Bertz CT molecular complexity index is 3160. The van der Waals surface area contributed by atoms with Crippen LogP contribution in [0.3, 0.4) is 0 Å². The molecule has 0 fully saturated rings. The highest BCUT2D eigenvalue weighted by Gasteiger charge is 2.24. The van der Waals surface area contributed by atoms with Gasteiger partial charge >= 0.3 is 0 Å². The molecule has 0 aliphatic heterocycles. The van der Waals surface area contributed by atoms with Crippen LogP contribution in [0.4, 0.5) is 34.1 Å². The van der Waals surface area contributed by atoms with E-state index in [9.17, 15) is 0 Å². The SMILES string of the molecule is c1ccc(-c2cccc(N(c3ccc4c(c3)sc3ccccc34)c3cccc4sc5c(N(c6ccccc6)c6ccccc6)cc6ccccc6c5c34)c2)cc1. The van der Waals surface area contributed by atoms with E-state index in [2.05, 4.69) is 216 Å². The van der Waals surface area contributed by atoms with Gasteiger partial charge in [-0.3, -0.25) is 0 Å². The Hall–Kier alpha value is -6.72. The van der Waals surface area contributed by atoms with E-state index in [1.54, 1.807) is 0 Å². The predicted octanol–water partition coefficient (Wildman–Crippen LogP) is 16.2. The summed E-state index contributed by atoms with van der Waals surface area (Å²) in [5.74, 6) is 0. The van der Waals surface area contributed by atoms with Crippen molar-refractivity contribution in [2.75, 3.05) is 9.80 Å². The summed E-state index contributed by atoms with van der Waals surface area (Å²) in [7, 11) is 0. The number of thiophene rings is 2. The third-order valence-corrected chi connectivity index (χ3v) is 13.1. The Balaban J connectivity index is 1.22. The van der Waals surface area contributed by atoms with E-state index in [1.807, 2.05) is 22.7 Å². The van der Waals surface area contributed by atoms with Gasteiger partial charge in [-0.1, -0.05) is 133 Å². The fraction of sp³-hybridized carbons (Fsp3) is 0. The zero-order valence-electron chi connectivity index (χ0n) is 30.3. The smallest absolute Gasteiger partial charge is 0.0646 e. The third kappa shape index (κ3) is 5.45. The van der Waals surface area contributed by atoms with Crippen LogP contribution in [0.15, 0.2) is 206 Å². The number of para-hydroxylation sites is 2. The van der Waals surface area contributed by atoms with Gasteiger partial charge in [-0.15, -0.1) is 22.7 Å². The zero-order valence-corrected chi connectivity index (χ0v) is 32.0. The summed E-state index contributed by atoms with van der Waals surface area (Å²) in [6.45, 7) is 0. The topological polar surface area (TPSA) is 6.48 Å². The second-order valence-electron chi connectivity index (χ2n) is 14.1. The summed E-state index contributed by atoms with van der Waals surface area (Å²) < 4.78 is 5.10. The van der Waals surface area contributed by atoms with Gasteiger partial charge in [0.25, 0.3) is 0 Å². The highest BCUT2D eigenvalue weighted by Crippen LogP contribution is 2.52. The Morgan fingerprint density at radius 3 is 1.66 bits per heavy atom. The Kier molecular flexibility index (Phi) is 7.90. The number of fused-ring (bicyclic) bond motifs is 8. The van der Waals surface area contributed by atoms with Crippen LogP contribution in [-0.4, -0.2) is 0 Å². The number of anilines is 6. The molecule has 11 aromatic rings. The van der Waals surface area contributed by atoms with Gasteiger partial charge < -0.3 is 9.80 Å². The summed E-state index contributed by atoms with van der Waals surface area (Å²) >= 11 is 3.75. The van der Waals surface area contributed by atoms with Crippen molar-refractivity contribution in [1.82, 2.24) is 0 Å². The van der Waals surface area contributed by atoms with Crippen LogP contribution in [0, 0.1) is 0 Å².